The molecule has 0 heterocycles. The number of nitrogens with two attached hydrogens (primary N) is 1. The third kappa shape index (κ3) is 3.52. The molecule has 21 heavy (non-hydrogen) atoms. The van der Waals surface area contributed by atoms with Crippen LogP contribution < -0.4 is 15.2 Å². The highest BCUT2D eigenvalue weighted by Gasteiger charge is 2.22. The molecule has 4 heteroatoms. The lowest BCUT2D eigenvalue weighted by molar-refractivity contribution is 0.385. The number of ether oxygens (including phenoxy) is 2. The van der Waals surface area contributed by atoms with Gasteiger partial charge in [-0.15, -0.1) is 0 Å². The topological polar surface area (TPSA) is 44.5 Å². The van der Waals surface area contributed by atoms with Gasteiger partial charge in [0.25, 0.3) is 0 Å². The number of rotatable bonds is 5. The Labute approximate surface area is 124 Å². The SMILES string of the molecule is COc1cccc(C(C)(N)Cc2ccc(OC)c(F)c2)c1. The maximum absolute atomic E-state index is 13.8. The zero-order valence-electron chi connectivity index (χ0n) is 12.5. The molecular formula is C17H20FNO2. The molecule has 2 aromatic rings. The highest BCUT2D eigenvalue weighted by Crippen LogP contribution is 2.27. The van der Waals surface area contributed by atoms with E-state index >= 15 is 0 Å². The minimum atomic E-state index is -0.616. The molecule has 2 rings (SSSR count). The van der Waals surface area contributed by atoms with Crippen molar-refractivity contribution in [2.24, 2.45) is 5.73 Å². The van der Waals surface area contributed by atoms with Crippen LogP contribution in [0.5, 0.6) is 11.5 Å². The van der Waals surface area contributed by atoms with Crippen molar-refractivity contribution in [3.05, 3.63) is 59.4 Å². The van der Waals surface area contributed by atoms with Gasteiger partial charge in [-0.25, -0.2) is 4.39 Å². The fourth-order valence-electron chi connectivity index (χ4n) is 2.32. The Balaban J connectivity index is 2.25. The molecule has 0 aromatic heterocycles. The number of benzene rings is 2. The summed E-state index contributed by atoms with van der Waals surface area (Å²) in [5, 5.41) is 0. The first-order valence-corrected chi connectivity index (χ1v) is 6.72. The first-order chi connectivity index (χ1) is 9.96. The molecule has 0 aliphatic heterocycles. The van der Waals surface area contributed by atoms with Gasteiger partial charge in [-0.2, -0.15) is 0 Å². The molecule has 0 amide bonds. The smallest absolute Gasteiger partial charge is 0.165 e. The van der Waals surface area contributed by atoms with E-state index < -0.39 is 5.54 Å². The van der Waals surface area contributed by atoms with Crippen LogP contribution in [0.4, 0.5) is 4.39 Å². The lowest BCUT2D eigenvalue weighted by Gasteiger charge is -2.26. The summed E-state index contributed by atoms with van der Waals surface area (Å²) in [7, 11) is 3.06. The lowest BCUT2D eigenvalue weighted by Crippen LogP contribution is -2.35. The molecule has 3 nitrogen and oxygen atoms in total. The molecule has 0 saturated carbocycles. The first kappa shape index (κ1) is 15.3. The number of halogens is 1. The summed E-state index contributed by atoms with van der Waals surface area (Å²) >= 11 is 0. The quantitative estimate of drug-likeness (QED) is 0.919. The zero-order chi connectivity index (χ0) is 15.5. The molecule has 0 saturated heterocycles. The van der Waals surface area contributed by atoms with E-state index in [9.17, 15) is 4.39 Å². The average molecular weight is 289 g/mol. The van der Waals surface area contributed by atoms with E-state index in [0.717, 1.165) is 16.9 Å². The highest BCUT2D eigenvalue weighted by atomic mass is 19.1. The van der Waals surface area contributed by atoms with Crippen molar-refractivity contribution >= 4 is 0 Å². The molecule has 2 N–H and O–H groups in total. The van der Waals surface area contributed by atoms with Gasteiger partial charge in [-0.1, -0.05) is 18.2 Å². The Morgan fingerprint density at radius 1 is 1.10 bits per heavy atom. The Kier molecular flexibility index (Phi) is 4.48. The van der Waals surface area contributed by atoms with Crippen LogP contribution in [0.1, 0.15) is 18.1 Å². The van der Waals surface area contributed by atoms with E-state index in [1.807, 2.05) is 37.3 Å². The summed E-state index contributed by atoms with van der Waals surface area (Å²) in [6.07, 6.45) is 0.515. The van der Waals surface area contributed by atoms with Gasteiger partial charge < -0.3 is 15.2 Å². The summed E-state index contributed by atoms with van der Waals surface area (Å²) < 4.78 is 23.9. The predicted molar refractivity (Wildman–Crippen MR) is 81.2 cm³/mol. The second kappa shape index (κ2) is 6.14. The Morgan fingerprint density at radius 3 is 2.48 bits per heavy atom. The van der Waals surface area contributed by atoms with Crippen LogP contribution in [0.15, 0.2) is 42.5 Å². The third-order valence-corrected chi connectivity index (χ3v) is 3.52. The summed E-state index contributed by atoms with van der Waals surface area (Å²) in [5.41, 5.74) is 7.55. The molecule has 112 valence electrons. The zero-order valence-corrected chi connectivity index (χ0v) is 12.5. The van der Waals surface area contributed by atoms with Gasteiger partial charge in [0.2, 0.25) is 0 Å². The van der Waals surface area contributed by atoms with Crippen molar-refractivity contribution in [3.8, 4) is 11.5 Å². The van der Waals surface area contributed by atoms with Gasteiger partial charge in [0, 0.05) is 5.54 Å². The maximum Gasteiger partial charge on any atom is 0.165 e. The lowest BCUT2D eigenvalue weighted by atomic mass is 9.86. The second-order valence-corrected chi connectivity index (χ2v) is 5.30. The molecular weight excluding hydrogens is 269 g/mol. The third-order valence-electron chi connectivity index (χ3n) is 3.52. The van der Waals surface area contributed by atoms with Gasteiger partial charge in [0.1, 0.15) is 5.75 Å². The minimum Gasteiger partial charge on any atom is -0.497 e. The molecule has 0 radical (unpaired) electrons. The fraction of sp³-hybridized carbons (Fsp3) is 0.294. The van der Waals surface area contributed by atoms with Crippen LogP contribution in [0.25, 0.3) is 0 Å². The Bertz CT molecular complexity index is 626. The van der Waals surface area contributed by atoms with E-state index in [1.54, 1.807) is 13.2 Å². The van der Waals surface area contributed by atoms with E-state index in [2.05, 4.69) is 0 Å². The van der Waals surface area contributed by atoms with Crippen molar-refractivity contribution in [2.45, 2.75) is 18.9 Å². The van der Waals surface area contributed by atoms with Crippen LogP contribution >= 0.6 is 0 Å². The number of methoxy groups -OCH3 is 2. The van der Waals surface area contributed by atoms with Crippen molar-refractivity contribution in [2.75, 3.05) is 14.2 Å². The summed E-state index contributed by atoms with van der Waals surface area (Å²) in [4.78, 5) is 0. The fourth-order valence-corrected chi connectivity index (χ4v) is 2.32. The number of hydrogen-bond donors (Lipinski definition) is 1. The molecule has 0 bridgehead atoms. The molecule has 1 unspecified atom stereocenters. The second-order valence-electron chi connectivity index (χ2n) is 5.30. The van der Waals surface area contributed by atoms with E-state index in [0.29, 0.717) is 6.42 Å². The Hall–Kier alpha value is -2.07. The molecule has 0 fully saturated rings. The van der Waals surface area contributed by atoms with Gasteiger partial charge in [-0.05, 0) is 48.7 Å². The first-order valence-electron chi connectivity index (χ1n) is 6.72. The molecule has 2 aromatic carbocycles. The average Bonchev–Trinajstić information content (AvgIpc) is 2.47. The summed E-state index contributed by atoms with van der Waals surface area (Å²) in [6.45, 7) is 1.92. The van der Waals surface area contributed by atoms with Crippen molar-refractivity contribution in [1.29, 1.82) is 0 Å². The monoisotopic (exact) mass is 289 g/mol. The van der Waals surface area contributed by atoms with E-state index in [4.69, 9.17) is 15.2 Å². The van der Waals surface area contributed by atoms with E-state index in [1.165, 1.54) is 13.2 Å². The molecule has 0 aliphatic carbocycles. The van der Waals surface area contributed by atoms with Crippen molar-refractivity contribution < 1.29 is 13.9 Å². The van der Waals surface area contributed by atoms with E-state index in [-0.39, 0.29) is 11.6 Å². The highest BCUT2D eigenvalue weighted by molar-refractivity contribution is 5.36. The van der Waals surface area contributed by atoms with Crippen LogP contribution in [-0.2, 0) is 12.0 Å². The standard InChI is InChI=1S/C17H20FNO2/c1-17(19,13-5-4-6-14(10-13)20-2)11-12-7-8-16(21-3)15(18)9-12/h4-10H,11,19H2,1-3H3. The van der Waals surface area contributed by atoms with Gasteiger partial charge in [0.15, 0.2) is 11.6 Å². The Morgan fingerprint density at radius 2 is 1.86 bits per heavy atom. The van der Waals surface area contributed by atoms with Crippen LogP contribution in [-0.4, -0.2) is 14.2 Å². The molecule has 1 atom stereocenters. The molecule has 0 spiro atoms. The molecule has 0 aliphatic rings. The maximum atomic E-state index is 13.8. The largest absolute Gasteiger partial charge is 0.497 e. The van der Waals surface area contributed by atoms with Crippen molar-refractivity contribution in [3.63, 3.8) is 0 Å². The van der Waals surface area contributed by atoms with Crippen LogP contribution in [0, 0.1) is 5.82 Å². The predicted octanol–water partition coefficient (Wildman–Crippen LogP) is 3.26. The van der Waals surface area contributed by atoms with Crippen LogP contribution in [0.2, 0.25) is 0 Å². The normalized spacial score (nSPS) is 13.6. The summed E-state index contributed by atoms with van der Waals surface area (Å²) in [6, 6.07) is 12.5. The van der Waals surface area contributed by atoms with Gasteiger partial charge in [-0.3, -0.25) is 0 Å². The van der Waals surface area contributed by atoms with Crippen LogP contribution in [0.3, 0.4) is 0 Å². The minimum absolute atomic E-state index is 0.235. The van der Waals surface area contributed by atoms with Crippen molar-refractivity contribution in [1.82, 2.24) is 0 Å². The van der Waals surface area contributed by atoms with Gasteiger partial charge in [0.05, 0.1) is 14.2 Å². The number of hydrogen-bond acceptors (Lipinski definition) is 3. The summed E-state index contributed by atoms with van der Waals surface area (Å²) in [5.74, 6) is 0.611. The van der Waals surface area contributed by atoms with Gasteiger partial charge >= 0.3 is 0 Å².